The van der Waals surface area contributed by atoms with Crippen molar-refractivity contribution in [1.29, 1.82) is 0 Å². The lowest BCUT2D eigenvalue weighted by Crippen LogP contribution is -1.95. The molecule has 0 saturated carbocycles. The largest absolute Gasteiger partial charge is 0.458 e. The number of para-hydroxylation sites is 1. The summed E-state index contributed by atoms with van der Waals surface area (Å²) in [5.41, 5.74) is 1.76. The Morgan fingerprint density at radius 3 is 2.87 bits per heavy atom. The molecule has 0 bridgehead atoms. The fourth-order valence-electron chi connectivity index (χ4n) is 1.60. The van der Waals surface area contributed by atoms with Crippen molar-refractivity contribution in [3.8, 4) is 0 Å². The Morgan fingerprint density at radius 2 is 2.20 bits per heavy atom. The van der Waals surface area contributed by atoms with Crippen molar-refractivity contribution in [2.75, 3.05) is 0 Å². The molecule has 0 amide bonds. The van der Waals surface area contributed by atoms with Crippen LogP contribution in [0.1, 0.15) is 25.2 Å². The van der Waals surface area contributed by atoms with Crippen molar-refractivity contribution >= 4 is 11.0 Å². The molecule has 0 aliphatic rings. The van der Waals surface area contributed by atoms with Crippen LogP contribution in [0.15, 0.2) is 46.9 Å². The van der Waals surface area contributed by atoms with Gasteiger partial charge in [0.25, 0.3) is 0 Å². The first-order valence-corrected chi connectivity index (χ1v) is 4.98. The lowest BCUT2D eigenvalue weighted by atomic mass is 10.1. The zero-order chi connectivity index (χ0) is 10.8. The molecular weight excluding hydrogens is 188 g/mol. The fourth-order valence-corrected chi connectivity index (χ4v) is 1.60. The van der Waals surface area contributed by atoms with E-state index in [0.717, 1.165) is 16.5 Å². The van der Waals surface area contributed by atoms with Crippen LogP contribution >= 0.6 is 0 Å². The van der Waals surface area contributed by atoms with Crippen LogP contribution in [0, 0.1) is 0 Å². The van der Waals surface area contributed by atoms with Crippen LogP contribution < -0.4 is 0 Å². The predicted molar refractivity (Wildman–Crippen MR) is 60.6 cm³/mol. The minimum absolute atomic E-state index is 0.541. The third-order valence-corrected chi connectivity index (χ3v) is 2.31. The van der Waals surface area contributed by atoms with Gasteiger partial charge in [-0.25, -0.2) is 0 Å². The maximum Gasteiger partial charge on any atom is 0.134 e. The van der Waals surface area contributed by atoms with Crippen LogP contribution in [0.25, 0.3) is 11.0 Å². The highest BCUT2D eigenvalue weighted by molar-refractivity contribution is 5.77. The standard InChI is InChI=1S/C13H14O2/c1-9(2)7-11(14)13-8-10-5-3-4-6-12(10)15-13/h3-6,8,11,14H,1,7H2,2H3. The molecule has 0 fully saturated rings. The molecule has 78 valence electrons. The van der Waals surface area contributed by atoms with Gasteiger partial charge in [0.05, 0.1) is 0 Å². The molecule has 0 saturated heterocycles. The second kappa shape index (κ2) is 3.91. The smallest absolute Gasteiger partial charge is 0.134 e. The molecule has 2 rings (SSSR count). The van der Waals surface area contributed by atoms with E-state index in [1.807, 2.05) is 37.3 Å². The minimum Gasteiger partial charge on any atom is -0.458 e. The van der Waals surface area contributed by atoms with Gasteiger partial charge in [-0.1, -0.05) is 23.8 Å². The van der Waals surface area contributed by atoms with E-state index in [9.17, 15) is 5.11 Å². The van der Waals surface area contributed by atoms with Crippen molar-refractivity contribution in [2.24, 2.45) is 0 Å². The van der Waals surface area contributed by atoms with E-state index in [4.69, 9.17) is 4.42 Å². The van der Waals surface area contributed by atoms with Crippen LogP contribution in [0.3, 0.4) is 0 Å². The van der Waals surface area contributed by atoms with Gasteiger partial charge in [0.2, 0.25) is 0 Å². The molecule has 2 heteroatoms. The van der Waals surface area contributed by atoms with Crippen LogP contribution in [0.5, 0.6) is 0 Å². The number of rotatable bonds is 3. The normalized spacial score (nSPS) is 12.9. The summed E-state index contributed by atoms with van der Waals surface area (Å²) in [5, 5.41) is 10.9. The van der Waals surface area contributed by atoms with Crippen LogP contribution in [-0.2, 0) is 0 Å². The van der Waals surface area contributed by atoms with Crippen LogP contribution in [0.2, 0.25) is 0 Å². The lowest BCUT2D eigenvalue weighted by molar-refractivity contribution is 0.152. The van der Waals surface area contributed by atoms with Crippen molar-refractivity contribution in [2.45, 2.75) is 19.4 Å². The van der Waals surface area contributed by atoms with Crippen LogP contribution in [0.4, 0.5) is 0 Å². The average Bonchev–Trinajstić information content (AvgIpc) is 2.59. The summed E-state index contributed by atoms with van der Waals surface area (Å²) in [5.74, 6) is 0.610. The Morgan fingerprint density at radius 1 is 1.47 bits per heavy atom. The fraction of sp³-hybridized carbons (Fsp3) is 0.231. The second-order valence-electron chi connectivity index (χ2n) is 3.86. The highest BCUT2D eigenvalue weighted by Crippen LogP contribution is 2.26. The van der Waals surface area contributed by atoms with E-state index >= 15 is 0 Å². The summed E-state index contributed by atoms with van der Waals surface area (Å²) >= 11 is 0. The number of furan rings is 1. The second-order valence-corrected chi connectivity index (χ2v) is 3.86. The Bertz CT molecular complexity index is 449. The highest BCUT2D eigenvalue weighted by Gasteiger charge is 2.12. The molecule has 1 aromatic carbocycles. The molecule has 1 N–H and O–H groups in total. The van der Waals surface area contributed by atoms with Gasteiger partial charge in [0.1, 0.15) is 17.4 Å². The molecule has 1 atom stereocenters. The number of fused-ring (bicyclic) bond motifs is 1. The Labute approximate surface area is 88.8 Å². The maximum atomic E-state index is 9.84. The van der Waals surface area contributed by atoms with Crippen molar-refractivity contribution < 1.29 is 9.52 Å². The molecule has 0 radical (unpaired) electrons. The number of aliphatic hydroxyl groups is 1. The van der Waals surface area contributed by atoms with E-state index in [-0.39, 0.29) is 0 Å². The van der Waals surface area contributed by atoms with Gasteiger partial charge in [-0.15, -0.1) is 6.58 Å². The van der Waals surface area contributed by atoms with Gasteiger partial charge < -0.3 is 9.52 Å². The third kappa shape index (κ3) is 2.10. The van der Waals surface area contributed by atoms with Gasteiger partial charge in [-0.05, 0) is 19.1 Å². The molecule has 2 aromatic rings. The lowest BCUT2D eigenvalue weighted by Gasteiger charge is -2.05. The zero-order valence-corrected chi connectivity index (χ0v) is 8.73. The molecule has 2 nitrogen and oxygen atoms in total. The Hall–Kier alpha value is -1.54. The van der Waals surface area contributed by atoms with Gasteiger partial charge in [-0.2, -0.15) is 0 Å². The van der Waals surface area contributed by atoms with E-state index in [0.29, 0.717) is 12.2 Å². The van der Waals surface area contributed by atoms with E-state index in [1.54, 1.807) is 0 Å². The molecule has 0 spiro atoms. The first kappa shape index (κ1) is 9.99. The maximum absolute atomic E-state index is 9.84. The van der Waals surface area contributed by atoms with Gasteiger partial charge in [0, 0.05) is 11.8 Å². The summed E-state index contributed by atoms with van der Waals surface area (Å²) in [6.07, 6.45) is -0.0466. The minimum atomic E-state index is -0.588. The van der Waals surface area contributed by atoms with Crippen molar-refractivity contribution in [1.82, 2.24) is 0 Å². The van der Waals surface area contributed by atoms with E-state index in [2.05, 4.69) is 6.58 Å². The molecule has 15 heavy (non-hydrogen) atoms. The van der Waals surface area contributed by atoms with Crippen molar-refractivity contribution in [3.05, 3.63) is 48.2 Å². The van der Waals surface area contributed by atoms with Crippen LogP contribution in [-0.4, -0.2) is 5.11 Å². The monoisotopic (exact) mass is 202 g/mol. The summed E-state index contributed by atoms with van der Waals surface area (Å²) in [6.45, 7) is 5.67. The number of benzene rings is 1. The topological polar surface area (TPSA) is 33.4 Å². The third-order valence-electron chi connectivity index (χ3n) is 2.31. The molecule has 0 aliphatic carbocycles. The SMILES string of the molecule is C=C(C)CC(O)c1cc2ccccc2o1. The van der Waals surface area contributed by atoms with Gasteiger partial charge in [0.15, 0.2) is 0 Å². The van der Waals surface area contributed by atoms with E-state index in [1.165, 1.54) is 0 Å². The summed E-state index contributed by atoms with van der Waals surface area (Å²) in [7, 11) is 0. The Balaban J connectivity index is 2.32. The van der Waals surface area contributed by atoms with Gasteiger partial charge >= 0.3 is 0 Å². The average molecular weight is 202 g/mol. The summed E-state index contributed by atoms with van der Waals surface area (Å²) in [6, 6.07) is 9.61. The molecule has 1 unspecified atom stereocenters. The molecule has 1 aromatic heterocycles. The van der Waals surface area contributed by atoms with E-state index < -0.39 is 6.10 Å². The number of aliphatic hydroxyl groups excluding tert-OH is 1. The predicted octanol–water partition coefficient (Wildman–Crippen LogP) is 3.43. The zero-order valence-electron chi connectivity index (χ0n) is 8.73. The molecule has 0 aliphatic heterocycles. The highest BCUT2D eigenvalue weighted by atomic mass is 16.4. The Kier molecular flexibility index (Phi) is 2.60. The summed E-state index contributed by atoms with van der Waals surface area (Å²) < 4.78 is 5.54. The summed E-state index contributed by atoms with van der Waals surface area (Å²) in [4.78, 5) is 0. The van der Waals surface area contributed by atoms with Gasteiger partial charge in [-0.3, -0.25) is 0 Å². The number of hydrogen-bond donors (Lipinski definition) is 1. The number of hydrogen-bond acceptors (Lipinski definition) is 2. The quantitative estimate of drug-likeness (QED) is 0.773. The van der Waals surface area contributed by atoms with Crippen molar-refractivity contribution in [3.63, 3.8) is 0 Å². The molecular formula is C13H14O2. The first-order chi connectivity index (χ1) is 7.16. The molecule has 1 heterocycles. The first-order valence-electron chi connectivity index (χ1n) is 4.98.